The van der Waals surface area contributed by atoms with Crippen LogP contribution in [0.1, 0.15) is 47.3 Å². The Hall–Kier alpha value is -3.32. The monoisotopic (exact) mass is 638 g/mol. The fraction of sp³-hybridized carbons (Fsp3) is 0.333. The molecule has 2 heterocycles. The van der Waals surface area contributed by atoms with Crippen molar-refractivity contribution in [1.29, 1.82) is 0 Å². The SMILES string of the molecule is CCc1nc(CC2CC2)c(C(=O)NC)n1Cc1c2ccocc-2c(Br)c1-c1ccccc1NS(=O)(=O)C(F)(F)F. The number of rotatable bonds is 9. The molecule has 5 rings (SSSR count). The quantitative estimate of drug-likeness (QED) is 0.227. The molecule has 0 saturated heterocycles. The van der Waals surface area contributed by atoms with Crippen LogP contribution in [0.4, 0.5) is 18.9 Å². The molecule has 40 heavy (non-hydrogen) atoms. The van der Waals surface area contributed by atoms with Crippen molar-refractivity contribution in [2.75, 3.05) is 11.8 Å². The summed E-state index contributed by atoms with van der Waals surface area (Å²) in [6.07, 6.45) is 6.37. The molecule has 1 amide bonds. The first-order valence-corrected chi connectivity index (χ1v) is 14.9. The van der Waals surface area contributed by atoms with Gasteiger partial charge in [-0.1, -0.05) is 25.1 Å². The number of aromatic nitrogens is 2. The topological polar surface area (TPSA) is 106 Å². The molecule has 212 valence electrons. The number of fused-ring (bicyclic) bond motifs is 1. The Morgan fingerprint density at radius 1 is 1.18 bits per heavy atom. The third kappa shape index (κ3) is 5.12. The molecule has 0 atom stereocenters. The molecule has 1 fully saturated rings. The first-order chi connectivity index (χ1) is 19.0. The Bertz CT molecular complexity index is 1660. The normalized spacial score (nSPS) is 14.1. The van der Waals surface area contributed by atoms with Crippen molar-refractivity contribution >= 4 is 37.5 Å². The lowest BCUT2D eigenvalue weighted by Crippen LogP contribution is -2.30. The van der Waals surface area contributed by atoms with Gasteiger partial charge in [-0.05, 0) is 64.4 Å². The standard InChI is InChI=1S/C27H26BrF3N4O4S/c1-3-22-33-21(12-15-8-9-15)25(26(36)32-2)35(22)13-18-16-10-11-39-14-19(16)24(28)23(18)17-6-4-5-7-20(17)34-40(37,38)27(29,30)31/h4-7,10-11,14-15,34H,3,8-9,12-13H2,1-2H3,(H,32,36). The third-order valence-corrected chi connectivity index (χ3v) is 8.91. The zero-order chi connectivity index (χ0) is 28.8. The summed E-state index contributed by atoms with van der Waals surface area (Å²) in [7, 11) is -4.13. The van der Waals surface area contributed by atoms with Crippen LogP contribution in [-0.4, -0.2) is 36.4 Å². The van der Waals surface area contributed by atoms with E-state index in [1.807, 2.05) is 11.5 Å². The van der Waals surface area contributed by atoms with E-state index in [0.717, 1.165) is 18.4 Å². The van der Waals surface area contributed by atoms with Gasteiger partial charge >= 0.3 is 15.5 Å². The number of aryl methyl sites for hydroxylation is 1. The van der Waals surface area contributed by atoms with Crippen molar-refractivity contribution < 1.29 is 30.8 Å². The Morgan fingerprint density at radius 3 is 2.55 bits per heavy atom. The number of amides is 1. The molecule has 3 aliphatic rings. The van der Waals surface area contributed by atoms with Crippen molar-refractivity contribution in [1.82, 2.24) is 14.9 Å². The van der Waals surface area contributed by atoms with Gasteiger partial charge in [0.15, 0.2) is 0 Å². The predicted octanol–water partition coefficient (Wildman–Crippen LogP) is 6.19. The summed E-state index contributed by atoms with van der Waals surface area (Å²) in [5.74, 6) is 0.890. The second-order valence-corrected chi connectivity index (χ2v) is 12.1. The van der Waals surface area contributed by atoms with E-state index in [0.29, 0.717) is 57.1 Å². The summed E-state index contributed by atoms with van der Waals surface area (Å²) in [6, 6.07) is 7.60. The molecule has 2 aliphatic carbocycles. The highest BCUT2D eigenvalue weighted by molar-refractivity contribution is 9.10. The van der Waals surface area contributed by atoms with Crippen LogP contribution >= 0.6 is 15.9 Å². The molecular formula is C27H26BrF3N4O4S. The third-order valence-electron chi connectivity index (χ3n) is 6.99. The summed E-state index contributed by atoms with van der Waals surface area (Å²) in [5.41, 5.74) is -1.86. The lowest BCUT2D eigenvalue weighted by molar-refractivity contribution is -0.0429. The highest BCUT2D eigenvalue weighted by atomic mass is 79.9. The van der Waals surface area contributed by atoms with E-state index >= 15 is 0 Å². The van der Waals surface area contributed by atoms with Crippen LogP contribution in [0.3, 0.4) is 0 Å². The number of imidazole rings is 1. The number of carbonyl (C=O) groups excluding carboxylic acids is 1. The molecule has 13 heteroatoms. The van der Waals surface area contributed by atoms with Crippen LogP contribution in [0.5, 0.6) is 0 Å². The number of anilines is 1. The number of hydrogen-bond donors (Lipinski definition) is 2. The molecule has 1 saturated carbocycles. The highest BCUT2D eigenvalue weighted by Crippen LogP contribution is 2.49. The van der Waals surface area contributed by atoms with Crippen LogP contribution in [0.2, 0.25) is 0 Å². The maximum Gasteiger partial charge on any atom is 0.516 e. The maximum absolute atomic E-state index is 13.3. The van der Waals surface area contributed by atoms with Gasteiger partial charge in [0.05, 0.1) is 30.5 Å². The summed E-state index contributed by atoms with van der Waals surface area (Å²) < 4.78 is 73.4. The molecule has 1 aromatic carbocycles. The molecule has 8 nitrogen and oxygen atoms in total. The van der Waals surface area contributed by atoms with E-state index in [9.17, 15) is 26.4 Å². The summed E-state index contributed by atoms with van der Waals surface area (Å²) in [6.45, 7) is 2.10. The zero-order valence-corrected chi connectivity index (χ0v) is 24.0. The van der Waals surface area contributed by atoms with Crippen molar-refractivity contribution in [2.45, 2.75) is 44.7 Å². The van der Waals surface area contributed by atoms with Crippen molar-refractivity contribution in [3.05, 3.63) is 70.1 Å². The largest absolute Gasteiger partial charge is 0.516 e. The fourth-order valence-electron chi connectivity index (χ4n) is 4.90. The number of hydrogen-bond acceptors (Lipinski definition) is 5. The molecule has 1 aliphatic heterocycles. The van der Waals surface area contributed by atoms with Gasteiger partial charge in [0.2, 0.25) is 0 Å². The van der Waals surface area contributed by atoms with Gasteiger partial charge in [-0.3, -0.25) is 9.52 Å². The van der Waals surface area contributed by atoms with Gasteiger partial charge in [0, 0.05) is 34.6 Å². The van der Waals surface area contributed by atoms with Crippen LogP contribution < -0.4 is 10.0 Å². The van der Waals surface area contributed by atoms with Crippen LogP contribution in [0, 0.1) is 5.92 Å². The Kier molecular flexibility index (Phi) is 7.47. The number of nitrogens with zero attached hydrogens (tertiary/aromatic N) is 2. The van der Waals surface area contributed by atoms with Gasteiger partial charge in [-0.25, -0.2) is 4.98 Å². The number of para-hydroxylation sites is 1. The second kappa shape index (κ2) is 10.6. The first kappa shape index (κ1) is 28.2. The minimum absolute atomic E-state index is 0.158. The van der Waals surface area contributed by atoms with Gasteiger partial charge in [0.25, 0.3) is 5.91 Å². The Morgan fingerprint density at radius 2 is 1.90 bits per heavy atom. The molecule has 0 unspecified atom stereocenters. The summed E-state index contributed by atoms with van der Waals surface area (Å²) >= 11 is 3.59. The molecule has 0 radical (unpaired) electrons. The molecule has 2 aromatic rings. The number of halogens is 4. The van der Waals surface area contributed by atoms with Crippen LogP contribution in [0.25, 0.3) is 22.3 Å². The summed E-state index contributed by atoms with van der Waals surface area (Å²) in [4.78, 5) is 17.9. The van der Waals surface area contributed by atoms with Crippen molar-refractivity contribution in [3.63, 3.8) is 0 Å². The highest BCUT2D eigenvalue weighted by Gasteiger charge is 2.46. The molecule has 1 aromatic heterocycles. The lowest BCUT2D eigenvalue weighted by atomic mass is 10.0. The van der Waals surface area contributed by atoms with E-state index in [2.05, 4.69) is 21.2 Å². The molecule has 2 N–H and O–H groups in total. The van der Waals surface area contributed by atoms with Crippen LogP contribution in [-0.2, 0) is 29.4 Å². The lowest BCUT2D eigenvalue weighted by Gasteiger charge is -2.17. The van der Waals surface area contributed by atoms with Gasteiger partial charge in [-0.2, -0.15) is 21.6 Å². The smallest absolute Gasteiger partial charge is 0.472 e. The second-order valence-electron chi connectivity index (χ2n) is 9.64. The number of benzene rings is 1. The van der Waals surface area contributed by atoms with Crippen molar-refractivity contribution in [3.8, 4) is 22.3 Å². The van der Waals surface area contributed by atoms with E-state index in [1.165, 1.54) is 24.7 Å². The maximum atomic E-state index is 13.3. The summed E-state index contributed by atoms with van der Waals surface area (Å²) in [5, 5.41) is 2.71. The Balaban J connectivity index is 1.72. The molecule has 0 spiro atoms. The van der Waals surface area contributed by atoms with E-state index in [4.69, 9.17) is 9.40 Å². The number of sulfonamides is 1. The number of alkyl halides is 3. The fourth-order valence-corrected chi connectivity index (χ4v) is 6.25. The Labute approximate surface area is 237 Å². The molecule has 0 bridgehead atoms. The minimum atomic E-state index is -5.68. The van der Waals surface area contributed by atoms with E-state index in [-0.39, 0.29) is 23.7 Å². The minimum Gasteiger partial charge on any atom is -0.472 e. The molecular weight excluding hydrogens is 613 g/mol. The van der Waals surface area contributed by atoms with E-state index < -0.39 is 15.5 Å². The number of nitrogens with one attached hydrogen (secondary N) is 2. The first-order valence-electron chi connectivity index (χ1n) is 12.6. The zero-order valence-electron chi connectivity index (χ0n) is 21.6. The van der Waals surface area contributed by atoms with Crippen LogP contribution in [0.15, 0.2) is 51.7 Å². The van der Waals surface area contributed by atoms with Gasteiger partial charge in [-0.15, -0.1) is 0 Å². The average molecular weight is 639 g/mol. The van der Waals surface area contributed by atoms with Gasteiger partial charge < -0.3 is 14.3 Å². The van der Waals surface area contributed by atoms with Gasteiger partial charge in [0.1, 0.15) is 11.5 Å². The van der Waals surface area contributed by atoms with Crippen molar-refractivity contribution in [2.24, 2.45) is 5.92 Å². The predicted molar refractivity (Wildman–Crippen MR) is 148 cm³/mol. The number of carbonyl (C=O) groups is 1. The average Bonchev–Trinajstić information content (AvgIpc) is 3.61. The van der Waals surface area contributed by atoms with E-state index in [1.54, 1.807) is 30.0 Å².